The molecule has 18 heavy (non-hydrogen) atoms. The van der Waals surface area contributed by atoms with Gasteiger partial charge in [-0.3, -0.25) is 0 Å². The molecule has 96 valence electrons. The van der Waals surface area contributed by atoms with Crippen LogP contribution < -0.4 is 0 Å². The number of hydrogen-bond acceptors (Lipinski definition) is 1. The number of H-pyrrole nitrogens is 1. The molecule has 2 N–H and O–H groups in total. The van der Waals surface area contributed by atoms with Gasteiger partial charge in [-0.05, 0) is 50.1 Å². The molecule has 0 spiro atoms. The lowest BCUT2D eigenvalue weighted by Crippen LogP contribution is -2.03. The monoisotopic (exact) mass is 371 g/mol. The summed E-state index contributed by atoms with van der Waals surface area (Å²) in [4.78, 5) is 3.27. The topological polar surface area (TPSA) is 36.0 Å². The summed E-state index contributed by atoms with van der Waals surface area (Å²) in [6.07, 6.45) is -0.649. The van der Waals surface area contributed by atoms with E-state index in [-0.39, 0.29) is 0 Å². The smallest absolute Gasteiger partial charge is 0.120 e. The van der Waals surface area contributed by atoms with E-state index in [1.165, 1.54) is 5.56 Å². The number of aliphatic hydroxyl groups excluding tert-OH is 1. The molecule has 0 saturated heterocycles. The van der Waals surface area contributed by atoms with Gasteiger partial charge in [0, 0.05) is 20.2 Å². The largest absolute Gasteiger partial charge is 0.382 e. The summed E-state index contributed by atoms with van der Waals surface area (Å²) in [5, 5.41) is 10.5. The van der Waals surface area contributed by atoms with E-state index in [2.05, 4.69) is 43.8 Å². The number of aromatic nitrogens is 1. The van der Waals surface area contributed by atoms with E-state index in [4.69, 9.17) is 0 Å². The molecule has 0 aliphatic carbocycles. The standard InChI is InChI=1S/C14H15Br2NO/c1-7-8(2)13(17-9(7)3)14(18)11-6-10(15)4-5-12(11)16/h4-6,14,17-18H,1-3H3. The predicted octanol–water partition coefficient (Wildman–Crippen LogP) is 4.55. The third kappa shape index (κ3) is 2.42. The molecule has 0 radical (unpaired) electrons. The molecule has 0 saturated carbocycles. The Kier molecular flexibility index (Phi) is 3.99. The predicted molar refractivity (Wildman–Crippen MR) is 80.9 cm³/mol. The van der Waals surface area contributed by atoms with E-state index < -0.39 is 6.10 Å². The van der Waals surface area contributed by atoms with Crippen molar-refractivity contribution in [2.75, 3.05) is 0 Å². The third-order valence-electron chi connectivity index (χ3n) is 3.38. The summed E-state index contributed by atoms with van der Waals surface area (Å²) in [7, 11) is 0. The number of nitrogens with one attached hydrogen (secondary N) is 1. The van der Waals surface area contributed by atoms with E-state index >= 15 is 0 Å². The Morgan fingerprint density at radius 3 is 2.33 bits per heavy atom. The van der Waals surface area contributed by atoms with E-state index in [0.29, 0.717) is 0 Å². The van der Waals surface area contributed by atoms with Gasteiger partial charge in [0.15, 0.2) is 0 Å². The maximum Gasteiger partial charge on any atom is 0.120 e. The van der Waals surface area contributed by atoms with Gasteiger partial charge in [-0.25, -0.2) is 0 Å². The summed E-state index contributed by atoms with van der Waals surface area (Å²) in [5.74, 6) is 0. The lowest BCUT2D eigenvalue weighted by Gasteiger charge is -2.13. The van der Waals surface area contributed by atoms with Crippen molar-refractivity contribution in [2.24, 2.45) is 0 Å². The zero-order chi connectivity index (χ0) is 13.4. The van der Waals surface area contributed by atoms with Gasteiger partial charge in [0.1, 0.15) is 6.10 Å². The Labute approximate surface area is 124 Å². The fraction of sp³-hybridized carbons (Fsp3) is 0.286. The molecule has 1 heterocycles. The first-order valence-corrected chi connectivity index (χ1v) is 7.29. The van der Waals surface area contributed by atoms with Crippen LogP contribution in [0, 0.1) is 20.8 Å². The Morgan fingerprint density at radius 2 is 1.78 bits per heavy atom. The van der Waals surface area contributed by atoms with Gasteiger partial charge in [-0.2, -0.15) is 0 Å². The molecule has 2 rings (SSSR count). The zero-order valence-corrected chi connectivity index (χ0v) is 13.7. The molecule has 1 unspecified atom stereocenters. The normalized spacial score (nSPS) is 12.8. The lowest BCUT2D eigenvalue weighted by atomic mass is 10.0. The van der Waals surface area contributed by atoms with Crippen LogP contribution in [0.3, 0.4) is 0 Å². The van der Waals surface area contributed by atoms with Crippen LogP contribution in [0.4, 0.5) is 0 Å². The number of hydrogen-bond donors (Lipinski definition) is 2. The first kappa shape index (κ1) is 13.8. The van der Waals surface area contributed by atoms with E-state index in [1.807, 2.05) is 32.0 Å². The van der Waals surface area contributed by atoms with Crippen LogP contribution >= 0.6 is 31.9 Å². The number of benzene rings is 1. The van der Waals surface area contributed by atoms with Crippen molar-refractivity contribution in [2.45, 2.75) is 26.9 Å². The molecule has 1 aromatic carbocycles. The second-order valence-corrected chi connectivity index (χ2v) is 6.25. The van der Waals surface area contributed by atoms with Crippen LogP contribution in [0.1, 0.15) is 34.2 Å². The van der Waals surface area contributed by atoms with Crippen molar-refractivity contribution < 1.29 is 5.11 Å². The van der Waals surface area contributed by atoms with Gasteiger partial charge < -0.3 is 10.1 Å². The van der Waals surface area contributed by atoms with Crippen LogP contribution in [-0.4, -0.2) is 10.1 Å². The molecule has 0 aliphatic heterocycles. The van der Waals surface area contributed by atoms with Gasteiger partial charge in [0.05, 0.1) is 5.69 Å². The van der Waals surface area contributed by atoms with Gasteiger partial charge in [0.25, 0.3) is 0 Å². The molecule has 1 aromatic heterocycles. The highest BCUT2D eigenvalue weighted by Gasteiger charge is 2.19. The van der Waals surface area contributed by atoms with Crippen molar-refractivity contribution in [3.05, 3.63) is 55.2 Å². The Hall–Kier alpha value is -0.580. The third-order valence-corrected chi connectivity index (χ3v) is 4.59. The molecule has 2 nitrogen and oxygen atoms in total. The number of aryl methyl sites for hydroxylation is 1. The van der Waals surface area contributed by atoms with Crippen molar-refractivity contribution in [1.29, 1.82) is 0 Å². The van der Waals surface area contributed by atoms with Crippen LogP contribution in [0.2, 0.25) is 0 Å². The average Bonchev–Trinajstić information content (AvgIpc) is 2.59. The Balaban J connectivity index is 2.50. The second kappa shape index (κ2) is 5.19. The molecule has 1 atom stereocenters. The molecule has 4 heteroatoms. The minimum absolute atomic E-state index is 0.649. The molecular formula is C14H15Br2NO. The molecule has 0 bridgehead atoms. The van der Waals surface area contributed by atoms with Crippen LogP contribution in [0.5, 0.6) is 0 Å². The summed E-state index contributed by atoms with van der Waals surface area (Å²) in [6.45, 7) is 6.12. The van der Waals surface area contributed by atoms with E-state index in [1.54, 1.807) is 0 Å². The SMILES string of the molecule is Cc1[nH]c(C(O)c2cc(Br)ccc2Br)c(C)c1C. The van der Waals surface area contributed by atoms with Crippen LogP contribution in [0.15, 0.2) is 27.1 Å². The minimum Gasteiger partial charge on any atom is -0.382 e. The molecule has 0 amide bonds. The van der Waals surface area contributed by atoms with Crippen LogP contribution in [-0.2, 0) is 0 Å². The van der Waals surface area contributed by atoms with Crippen molar-refractivity contribution in [3.8, 4) is 0 Å². The average molecular weight is 373 g/mol. The quantitative estimate of drug-likeness (QED) is 0.797. The summed E-state index contributed by atoms with van der Waals surface area (Å²) in [6, 6.07) is 5.80. The first-order chi connectivity index (χ1) is 8.41. The lowest BCUT2D eigenvalue weighted by molar-refractivity contribution is 0.214. The Bertz CT molecular complexity index is 590. The number of aliphatic hydroxyl groups is 1. The van der Waals surface area contributed by atoms with Crippen molar-refractivity contribution >= 4 is 31.9 Å². The maximum absolute atomic E-state index is 10.5. The zero-order valence-electron chi connectivity index (χ0n) is 10.5. The minimum atomic E-state index is -0.649. The van der Waals surface area contributed by atoms with Crippen LogP contribution in [0.25, 0.3) is 0 Å². The van der Waals surface area contributed by atoms with Crippen molar-refractivity contribution in [3.63, 3.8) is 0 Å². The Morgan fingerprint density at radius 1 is 1.11 bits per heavy atom. The van der Waals surface area contributed by atoms with Gasteiger partial charge in [-0.1, -0.05) is 31.9 Å². The van der Waals surface area contributed by atoms with Gasteiger partial charge in [-0.15, -0.1) is 0 Å². The van der Waals surface area contributed by atoms with E-state index in [9.17, 15) is 5.11 Å². The first-order valence-electron chi connectivity index (χ1n) is 5.70. The summed E-state index contributed by atoms with van der Waals surface area (Å²) < 4.78 is 1.86. The maximum atomic E-state index is 10.5. The fourth-order valence-corrected chi connectivity index (χ4v) is 2.87. The second-order valence-electron chi connectivity index (χ2n) is 4.48. The number of halogens is 2. The summed E-state index contributed by atoms with van der Waals surface area (Å²) in [5.41, 5.74) is 5.15. The highest BCUT2D eigenvalue weighted by atomic mass is 79.9. The van der Waals surface area contributed by atoms with Crippen molar-refractivity contribution in [1.82, 2.24) is 4.98 Å². The highest BCUT2D eigenvalue weighted by Crippen LogP contribution is 2.33. The molecule has 2 aromatic rings. The number of rotatable bonds is 2. The van der Waals surface area contributed by atoms with Gasteiger partial charge >= 0.3 is 0 Å². The van der Waals surface area contributed by atoms with Gasteiger partial charge in [0.2, 0.25) is 0 Å². The molecule has 0 fully saturated rings. The molecule has 0 aliphatic rings. The molecular weight excluding hydrogens is 358 g/mol. The highest BCUT2D eigenvalue weighted by molar-refractivity contribution is 9.11. The van der Waals surface area contributed by atoms with E-state index in [0.717, 1.165) is 31.5 Å². The summed E-state index contributed by atoms with van der Waals surface area (Å²) >= 11 is 6.92. The fourth-order valence-electron chi connectivity index (χ4n) is 2.03. The number of aromatic amines is 1.